The van der Waals surface area contributed by atoms with Gasteiger partial charge in [0.25, 0.3) is 0 Å². The summed E-state index contributed by atoms with van der Waals surface area (Å²) in [5.41, 5.74) is 1.41. The fraction of sp³-hybridized carbons (Fsp3) is 0. The Hall–Kier alpha value is -2.36. The number of hydrogen-bond donors (Lipinski definition) is 2. The normalized spacial score (nSPS) is 11.0. The lowest BCUT2D eigenvalue weighted by Gasteiger charge is -1.95. The minimum Gasteiger partial charge on any atom is -0.478 e. The summed E-state index contributed by atoms with van der Waals surface area (Å²) in [7, 11) is 0. The van der Waals surface area contributed by atoms with Crippen LogP contribution in [0.1, 0.15) is 11.1 Å². The lowest BCUT2D eigenvalue weighted by atomic mass is 10.1. The van der Waals surface area contributed by atoms with Gasteiger partial charge in [-0.25, -0.2) is 9.59 Å². The van der Waals surface area contributed by atoms with Crippen molar-refractivity contribution in [2.75, 3.05) is 0 Å². The molecule has 0 aliphatic carbocycles. The van der Waals surface area contributed by atoms with Gasteiger partial charge in [0.2, 0.25) is 0 Å². The summed E-state index contributed by atoms with van der Waals surface area (Å²) in [6, 6.07) is 6.89. The smallest absolute Gasteiger partial charge is 0.328 e. The van der Waals surface area contributed by atoms with Crippen molar-refractivity contribution < 1.29 is 19.8 Å². The Kier molecular flexibility index (Phi) is 4.03. The second-order valence-electron chi connectivity index (χ2n) is 3.01. The van der Waals surface area contributed by atoms with Gasteiger partial charge in [0.05, 0.1) is 0 Å². The molecule has 0 fully saturated rings. The molecule has 0 bridgehead atoms. The zero-order valence-electron chi connectivity index (χ0n) is 8.33. The van der Waals surface area contributed by atoms with Gasteiger partial charge in [0.1, 0.15) is 0 Å². The standard InChI is InChI=1S/C12H10O4/c13-11(14)6-4-9-2-1-3-10(8-9)5-7-12(15)16/h1-8H,(H,13,14)(H,15,16)/b6-4-,7-5-. The highest BCUT2D eigenvalue weighted by molar-refractivity contribution is 5.86. The molecular formula is C12H10O4. The molecule has 82 valence electrons. The van der Waals surface area contributed by atoms with E-state index in [1.165, 1.54) is 12.2 Å². The minimum absolute atomic E-state index is 0.704. The molecule has 0 unspecified atom stereocenters. The molecule has 0 aliphatic heterocycles. The van der Waals surface area contributed by atoms with Gasteiger partial charge >= 0.3 is 11.9 Å². The molecule has 0 atom stereocenters. The number of aliphatic carboxylic acids is 2. The molecule has 0 saturated carbocycles. The first-order chi connectivity index (χ1) is 7.58. The summed E-state index contributed by atoms with van der Waals surface area (Å²) in [5.74, 6) is -2.04. The Balaban J connectivity index is 2.87. The van der Waals surface area contributed by atoms with Crippen molar-refractivity contribution in [1.29, 1.82) is 0 Å². The summed E-state index contributed by atoms with van der Waals surface area (Å²) in [6.07, 6.45) is 4.95. The van der Waals surface area contributed by atoms with Crippen molar-refractivity contribution in [2.45, 2.75) is 0 Å². The fourth-order valence-corrected chi connectivity index (χ4v) is 1.10. The van der Waals surface area contributed by atoms with Gasteiger partial charge in [0.15, 0.2) is 0 Å². The molecule has 1 aromatic carbocycles. The molecular weight excluding hydrogens is 208 g/mol. The number of rotatable bonds is 4. The highest BCUT2D eigenvalue weighted by Gasteiger charge is 1.92. The van der Waals surface area contributed by atoms with Gasteiger partial charge in [0, 0.05) is 12.2 Å². The summed E-state index contributed by atoms with van der Waals surface area (Å²) in [6.45, 7) is 0. The molecule has 2 N–H and O–H groups in total. The molecule has 4 nitrogen and oxygen atoms in total. The maximum atomic E-state index is 10.3. The van der Waals surface area contributed by atoms with E-state index in [2.05, 4.69) is 0 Å². The van der Waals surface area contributed by atoms with Crippen LogP contribution >= 0.6 is 0 Å². The van der Waals surface area contributed by atoms with Gasteiger partial charge in [-0.2, -0.15) is 0 Å². The van der Waals surface area contributed by atoms with Crippen LogP contribution in [0.25, 0.3) is 12.2 Å². The van der Waals surface area contributed by atoms with Crippen molar-refractivity contribution in [3.05, 3.63) is 47.5 Å². The first kappa shape index (κ1) is 11.7. The van der Waals surface area contributed by atoms with Gasteiger partial charge in [-0.05, 0) is 29.3 Å². The van der Waals surface area contributed by atoms with Crippen molar-refractivity contribution in [1.82, 2.24) is 0 Å². The number of carbonyl (C=O) groups is 2. The van der Waals surface area contributed by atoms with Gasteiger partial charge < -0.3 is 10.2 Å². The largest absolute Gasteiger partial charge is 0.478 e. The van der Waals surface area contributed by atoms with Crippen LogP contribution in [0, 0.1) is 0 Å². The average molecular weight is 218 g/mol. The van der Waals surface area contributed by atoms with E-state index in [4.69, 9.17) is 10.2 Å². The first-order valence-electron chi connectivity index (χ1n) is 4.50. The van der Waals surface area contributed by atoms with Crippen LogP contribution < -0.4 is 0 Å². The highest BCUT2D eigenvalue weighted by Crippen LogP contribution is 2.08. The van der Waals surface area contributed by atoms with E-state index in [1.54, 1.807) is 24.3 Å². The lowest BCUT2D eigenvalue weighted by molar-refractivity contribution is -0.132. The summed E-state index contributed by atoms with van der Waals surface area (Å²) < 4.78 is 0. The van der Waals surface area contributed by atoms with Gasteiger partial charge in [-0.15, -0.1) is 0 Å². The number of carboxylic acids is 2. The molecule has 0 amide bonds. The monoisotopic (exact) mass is 218 g/mol. The maximum Gasteiger partial charge on any atom is 0.328 e. The van der Waals surface area contributed by atoms with Crippen molar-refractivity contribution in [3.8, 4) is 0 Å². The van der Waals surface area contributed by atoms with Gasteiger partial charge in [-0.3, -0.25) is 0 Å². The van der Waals surface area contributed by atoms with Crippen LogP contribution in [0.5, 0.6) is 0 Å². The van der Waals surface area contributed by atoms with Crippen LogP contribution in [0.3, 0.4) is 0 Å². The van der Waals surface area contributed by atoms with E-state index in [0.717, 1.165) is 12.2 Å². The third kappa shape index (κ3) is 4.23. The van der Waals surface area contributed by atoms with Crippen LogP contribution in [0.15, 0.2) is 36.4 Å². The maximum absolute atomic E-state index is 10.3. The molecule has 16 heavy (non-hydrogen) atoms. The van der Waals surface area contributed by atoms with Crippen LogP contribution in [-0.2, 0) is 9.59 Å². The molecule has 1 rings (SSSR count). The Morgan fingerprint density at radius 3 is 1.75 bits per heavy atom. The molecule has 0 aromatic heterocycles. The molecule has 4 heteroatoms. The van der Waals surface area contributed by atoms with Crippen molar-refractivity contribution in [3.63, 3.8) is 0 Å². The SMILES string of the molecule is O=C(O)/C=C\c1cccc(/C=C\C(=O)O)c1. The highest BCUT2D eigenvalue weighted by atomic mass is 16.4. The molecule has 0 saturated heterocycles. The second-order valence-corrected chi connectivity index (χ2v) is 3.01. The topological polar surface area (TPSA) is 74.6 Å². The van der Waals surface area contributed by atoms with Crippen molar-refractivity contribution in [2.24, 2.45) is 0 Å². The molecule has 1 aromatic rings. The van der Waals surface area contributed by atoms with E-state index in [1.807, 2.05) is 0 Å². The molecule has 0 heterocycles. The number of hydrogen-bond acceptors (Lipinski definition) is 2. The fourth-order valence-electron chi connectivity index (χ4n) is 1.10. The van der Waals surface area contributed by atoms with Crippen LogP contribution in [-0.4, -0.2) is 22.2 Å². The third-order valence-corrected chi connectivity index (χ3v) is 1.75. The van der Waals surface area contributed by atoms with E-state index >= 15 is 0 Å². The quantitative estimate of drug-likeness (QED) is 0.756. The van der Waals surface area contributed by atoms with Crippen LogP contribution in [0.4, 0.5) is 0 Å². The molecule has 0 spiro atoms. The third-order valence-electron chi connectivity index (χ3n) is 1.75. The first-order valence-corrected chi connectivity index (χ1v) is 4.50. The van der Waals surface area contributed by atoms with Crippen molar-refractivity contribution >= 4 is 24.1 Å². The Bertz CT molecular complexity index is 419. The average Bonchev–Trinajstić information content (AvgIpc) is 2.24. The molecule has 0 radical (unpaired) electrons. The number of carboxylic acid groups (broad SMARTS) is 2. The zero-order chi connectivity index (χ0) is 12.0. The Morgan fingerprint density at radius 2 is 1.38 bits per heavy atom. The van der Waals surface area contributed by atoms with E-state index in [-0.39, 0.29) is 0 Å². The van der Waals surface area contributed by atoms with Gasteiger partial charge in [-0.1, -0.05) is 18.2 Å². The van der Waals surface area contributed by atoms with E-state index < -0.39 is 11.9 Å². The lowest BCUT2D eigenvalue weighted by Crippen LogP contribution is -1.87. The zero-order valence-corrected chi connectivity index (χ0v) is 8.33. The summed E-state index contributed by atoms with van der Waals surface area (Å²) in [4.78, 5) is 20.6. The number of benzene rings is 1. The Labute approximate surface area is 92.2 Å². The predicted octanol–water partition coefficient (Wildman–Crippen LogP) is 1.88. The second kappa shape index (κ2) is 5.50. The van der Waals surface area contributed by atoms with E-state index in [9.17, 15) is 9.59 Å². The minimum atomic E-state index is -1.02. The summed E-state index contributed by atoms with van der Waals surface area (Å²) in [5, 5.41) is 16.9. The van der Waals surface area contributed by atoms with Crippen LogP contribution in [0.2, 0.25) is 0 Å². The molecule has 0 aliphatic rings. The predicted molar refractivity (Wildman–Crippen MR) is 59.8 cm³/mol. The Morgan fingerprint density at radius 1 is 0.938 bits per heavy atom. The van der Waals surface area contributed by atoms with E-state index in [0.29, 0.717) is 11.1 Å². The summed E-state index contributed by atoms with van der Waals surface area (Å²) >= 11 is 0.